The van der Waals surface area contributed by atoms with Crippen LogP contribution in [-0.4, -0.2) is 28.4 Å². The van der Waals surface area contributed by atoms with Gasteiger partial charge in [0.1, 0.15) is 5.75 Å². The Balaban J connectivity index is 1.37. The van der Waals surface area contributed by atoms with E-state index in [1.165, 1.54) is 11.1 Å². The van der Waals surface area contributed by atoms with Crippen LogP contribution < -0.4 is 4.74 Å². The van der Waals surface area contributed by atoms with Crippen LogP contribution in [0.25, 0.3) is 0 Å². The largest absolute Gasteiger partial charge is 0.423 e. The molecule has 2 aromatic rings. The molecule has 4 nitrogen and oxygen atoms in total. The molecule has 3 aliphatic carbocycles. The summed E-state index contributed by atoms with van der Waals surface area (Å²) in [5.41, 5.74) is 3.02. The highest BCUT2D eigenvalue weighted by Gasteiger charge is 2.57. The topological polar surface area (TPSA) is 66.8 Å². The number of carbonyl (C=O) groups is 1. The highest BCUT2D eigenvalue weighted by atomic mass is 16.5. The fraction of sp³-hybridized carbons (Fsp3) is 0.480. The quantitative estimate of drug-likeness (QED) is 0.597. The van der Waals surface area contributed by atoms with E-state index in [9.17, 15) is 15.0 Å². The number of aliphatic hydroxyl groups excluding tert-OH is 2. The number of rotatable bonds is 2. The summed E-state index contributed by atoms with van der Waals surface area (Å²) in [6.45, 7) is 2.16. The minimum Gasteiger partial charge on any atom is -0.423 e. The number of hydrogen-bond donors (Lipinski definition) is 2. The Labute approximate surface area is 171 Å². The molecule has 2 N–H and O–H groups in total. The molecular formula is C25H28O4. The van der Waals surface area contributed by atoms with Crippen molar-refractivity contribution >= 4 is 5.97 Å². The van der Waals surface area contributed by atoms with Gasteiger partial charge in [-0.2, -0.15) is 0 Å². The Morgan fingerprint density at radius 1 is 1.10 bits per heavy atom. The van der Waals surface area contributed by atoms with Crippen LogP contribution in [0.1, 0.15) is 60.0 Å². The Bertz CT molecular complexity index is 924. The second-order valence-corrected chi connectivity index (χ2v) is 9.32. The number of fused-ring (bicyclic) bond motifs is 5. The van der Waals surface area contributed by atoms with E-state index in [1.54, 1.807) is 12.1 Å². The number of carbonyl (C=O) groups excluding carboxylic acids is 1. The molecule has 0 spiro atoms. The van der Waals surface area contributed by atoms with E-state index in [2.05, 4.69) is 13.0 Å². The Kier molecular flexibility index (Phi) is 4.52. The molecule has 2 aromatic carbocycles. The van der Waals surface area contributed by atoms with Crippen LogP contribution in [0.15, 0.2) is 48.5 Å². The molecule has 6 atom stereocenters. The van der Waals surface area contributed by atoms with Gasteiger partial charge in [0.2, 0.25) is 0 Å². The highest BCUT2D eigenvalue weighted by Crippen LogP contribution is 2.60. The summed E-state index contributed by atoms with van der Waals surface area (Å²) < 4.78 is 5.61. The Morgan fingerprint density at radius 3 is 2.69 bits per heavy atom. The van der Waals surface area contributed by atoms with Crippen molar-refractivity contribution in [3.8, 4) is 5.75 Å². The third-order valence-electron chi connectivity index (χ3n) is 7.89. The van der Waals surface area contributed by atoms with E-state index >= 15 is 0 Å². The second-order valence-electron chi connectivity index (χ2n) is 9.32. The zero-order chi connectivity index (χ0) is 20.2. The second kappa shape index (κ2) is 6.96. The molecule has 0 aliphatic heterocycles. The van der Waals surface area contributed by atoms with Gasteiger partial charge < -0.3 is 14.9 Å². The lowest BCUT2D eigenvalue weighted by Gasteiger charge is -2.49. The molecular weight excluding hydrogens is 364 g/mol. The van der Waals surface area contributed by atoms with Crippen LogP contribution in [-0.2, 0) is 6.42 Å². The molecule has 2 fully saturated rings. The van der Waals surface area contributed by atoms with E-state index in [-0.39, 0.29) is 11.4 Å². The molecule has 0 saturated heterocycles. The number of aliphatic hydroxyl groups is 2. The van der Waals surface area contributed by atoms with Gasteiger partial charge in [0.25, 0.3) is 0 Å². The lowest BCUT2D eigenvalue weighted by atomic mass is 9.55. The first-order chi connectivity index (χ1) is 14.0. The monoisotopic (exact) mass is 392 g/mol. The average Bonchev–Trinajstić information content (AvgIpc) is 2.98. The van der Waals surface area contributed by atoms with Crippen molar-refractivity contribution in [1.82, 2.24) is 0 Å². The minimum absolute atomic E-state index is 0.163. The minimum atomic E-state index is -0.602. The fourth-order valence-electron chi connectivity index (χ4n) is 6.35. The van der Waals surface area contributed by atoms with Gasteiger partial charge in [0.05, 0.1) is 17.8 Å². The lowest BCUT2D eigenvalue weighted by molar-refractivity contribution is -0.0505. The summed E-state index contributed by atoms with van der Waals surface area (Å²) in [5, 5.41) is 20.8. The standard InChI is InChI=1S/C25H28O4/c1-25-12-11-19-18-10-8-17(29-24(28)15-5-3-2-4-6-15)13-16(18)7-9-20(19)21(25)14-22(26)23(25)27/h2-6,8,10,13,19-23,26-27H,7,9,11-12,14H2,1H3. The van der Waals surface area contributed by atoms with Crippen molar-refractivity contribution in [2.24, 2.45) is 17.3 Å². The summed E-state index contributed by atoms with van der Waals surface area (Å²) in [6.07, 6.45) is 3.51. The molecule has 2 saturated carbocycles. The number of esters is 1. The molecule has 4 heteroatoms. The van der Waals surface area contributed by atoms with Gasteiger partial charge >= 0.3 is 5.97 Å². The average molecular weight is 392 g/mol. The van der Waals surface area contributed by atoms with Crippen molar-refractivity contribution in [2.75, 3.05) is 0 Å². The zero-order valence-corrected chi connectivity index (χ0v) is 16.8. The number of hydrogen-bond acceptors (Lipinski definition) is 4. The predicted octanol–water partition coefficient (Wildman–Crippen LogP) is 4.09. The molecule has 0 heterocycles. The molecule has 152 valence electrons. The molecule has 0 bridgehead atoms. The molecule has 3 aliphatic rings. The van der Waals surface area contributed by atoms with E-state index in [1.807, 2.05) is 30.3 Å². The molecule has 6 unspecified atom stereocenters. The summed E-state index contributed by atoms with van der Waals surface area (Å²) >= 11 is 0. The lowest BCUT2D eigenvalue weighted by Crippen LogP contribution is -2.44. The Hall–Kier alpha value is -2.17. The molecule has 0 amide bonds. The maximum Gasteiger partial charge on any atom is 0.343 e. The van der Waals surface area contributed by atoms with E-state index in [4.69, 9.17) is 4.74 Å². The Morgan fingerprint density at radius 2 is 1.90 bits per heavy atom. The van der Waals surface area contributed by atoms with Gasteiger partial charge in [0, 0.05) is 0 Å². The van der Waals surface area contributed by atoms with Gasteiger partial charge in [0.15, 0.2) is 0 Å². The third kappa shape index (κ3) is 3.01. The van der Waals surface area contributed by atoms with E-state index in [0.717, 1.165) is 25.7 Å². The van der Waals surface area contributed by atoms with Gasteiger partial charge in [-0.15, -0.1) is 0 Å². The van der Waals surface area contributed by atoms with Gasteiger partial charge in [-0.3, -0.25) is 0 Å². The smallest absolute Gasteiger partial charge is 0.343 e. The van der Waals surface area contributed by atoms with E-state index in [0.29, 0.717) is 35.5 Å². The summed E-state index contributed by atoms with van der Waals surface area (Å²) in [6, 6.07) is 15.1. The van der Waals surface area contributed by atoms with Crippen molar-refractivity contribution in [3.63, 3.8) is 0 Å². The maximum absolute atomic E-state index is 12.4. The zero-order valence-electron chi connectivity index (χ0n) is 16.8. The van der Waals surface area contributed by atoms with Crippen LogP contribution in [0, 0.1) is 17.3 Å². The first kappa shape index (κ1) is 18.8. The number of benzene rings is 2. The maximum atomic E-state index is 12.4. The number of aryl methyl sites for hydroxylation is 1. The summed E-state index contributed by atoms with van der Waals surface area (Å²) in [7, 11) is 0. The van der Waals surface area contributed by atoms with Gasteiger partial charge in [-0.25, -0.2) is 4.79 Å². The third-order valence-corrected chi connectivity index (χ3v) is 7.89. The van der Waals surface area contributed by atoms with Crippen LogP contribution in [0.3, 0.4) is 0 Å². The van der Waals surface area contributed by atoms with Crippen LogP contribution >= 0.6 is 0 Å². The van der Waals surface area contributed by atoms with Crippen molar-refractivity contribution in [3.05, 3.63) is 65.2 Å². The van der Waals surface area contributed by atoms with Gasteiger partial charge in [-0.05, 0) is 90.7 Å². The fourth-order valence-corrected chi connectivity index (χ4v) is 6.35. The van der Waals surface area contributed by atoms with Crippen molar-refractivity contribution in [2.45, 2.75) is 57.2 Å². The first-order valence-corrected chi connectivity index (χ1v) is 10.7. The predicted molar refractivity (Wildman–Crippen MR) is 110 cm³/mol. The van der Waals surface area contributed by atoms with Crippen LogP contribution in [0.5, 0.6) is 5.75 Å². The molecule has 0 aromatic heterocycles. The highest BCUT2D eigenvalue weighted by molar-refractivity contribution is 5.91. The van der Waals surface area contributed by atoms with Gasteiger partial charge in [-0.1, -0.05) is 31.2 Å². The first-order valence-electron chi connectivity index (χ1n) is 10.7. The van der Waals surface area contributed by atoms with E-state index < -0.39 is 12.2 Å². The number of ether oxygens (including phenoxy) is 1. The van der Waals surface area contributed by atoms with Crippen molar-refractivity contribution < 1.29 is 19.7 Å². The normalized spacial score (nSPS) is 35.3. The molecule has 29 heavy (non-hydrogen) atoms. The SMILES string of the molecule is CC12CCC3c4ccc(OC(=O)c5ccccc5)cc4CCC3C1CC(O)C2O. The van der Waals surface area contributed by atoms with Crippen molar-refractivity contribution in [1.29, 1.82) is 0 Å². The summed E-state index contributed by atoms with van der Waals surface area (Å²) in [4.78, 5) is 12.4. The van der Waals surface area contributed by atoms with Crippen LogP contribution in [0.4, 0.5) is 0 Å². The van der Waals surface area contributed by atoms with Crippen LogP contribution in [0.2, 0.25) is 0 Å². The summed E-state index contributed by atoms with van der Waals surface area (Å²) in [5.74, 6) is 1.61. The molecule has 5 rings (SSSR count). The molecule has 0 radical (unpaired) electrons.